The van der Waals surface area contributed by atoms with Crippen LogP contribution in [-0.4, -0.2) is 12.0 Å². The van der Waals surface area contributed by atoms with Gasteiger partial charge in [-0.3, -0.25) is 0 Å². The van der Waals surface area contributed by atoms with Gasteiger partial charge in [0.25, 0.3) is 0 Å². The second-order valence-electron chi connectivity index (χ2n) is 5.05. The molecule has 0 fully saturated rings. The molecule has 2 nitrogen and oxygen atoms in total. The van der Waals surface area contributed by atoms with Gasteiger partial charge in [-0.05, 0) is 54.3 Å². The van der Waals surface area contributed by atoms with Gasteiger partial charge in [0.1, 0.15) is 17.3 Å². The third-order valence-corrected chi connectivity index (χ3v) is 5.23. The van der Waals surface area contributed by atoms with E-state index in [1.165, 1.54) is 11.0 Å². The fraction of sp³-hybridized carbons (Fsp3) is 0.375. The molecule has 0 saturated carbocycles. The standard InChI is InChI=1S/C16H18FNOS2/c1-20-10-13-4-3-12(19-13)9-18-15-6-7-21-16-5-2-11(17)8-14(15)16/h2-5,8,15,18H,6-7,9-10H2,1H3. The van der Waals surface area contributed by atoms with Crippen molar-refractivity contribution in [2.24, 2.45) is 0 Å². The molecule has 1 N–H and O–H groups in total. The van der Waals surface area contributed by atoms with Crippen LogP contribution < -0.4 is 5.32 Å². The van der Waals surface area contributed by atoms with E-state index in [-0.39, 0.29) is 11.9 Å². The van der Waals surface area contributed by atoms with E-state index in [9.17, 15) is 4.39 Å². The second-order valence-corrected chi connectivity index (χ2v) is 7.06. The zero-order valence-electron chi connectivity index (χ0n) is 11.9. The maximum Gasteiger partial charge on any atom is 0.123 e. The smallest absolute Gasteiger partial charge is 0.123 e. The lowest BCUT2D eigenvalue weighted by Crippen LogP contribution is -2.24. The van der Waals surface area contributed by atoms with Crippen LogP contribution in [0.4, 0.5) is 4.39 Å². The highest BCUT2D eigenvalue weighted by molar-refractivity contribution is 7.99. The molecule has 0 saturated heterocycles. The molecule has 0 aliphatic carbocycles. The molecule has 0 amide bonds. The topological polar surface area (TPSA) is 25.2 Å². The van der Waals surface area contributed by atoms with E-state index in [0.717, 1.165) is 35.0 Å². The molecular weight excluding hydrogens is 305 g/mol. The highest BCUT2D eigenvalue weighted by atomic mass is 32.2. The summed E-state index contributed by atoms with van der Waals surface area (Å²) in [7, 11) is 0. The first kappa shape index (κ1) is 15.0. The summed E-state index contributed by atoms with van der Waals surface area (Å²) >= 11 is 3.55. The van der Waals surface area contributed by atoms with Crippen molar-refractivity contribution < 1.29 is 8.81 Å². The van der Waals surface area contributed by atoms with Crippen LogP contribution in [0.2, 0.25) is 0 Å². The van der Waals surface area contributed by atoms with Gasteiger partial charge in [0, 0.05) is 10.9 Å². The summed E-state index contributed by atoms with van der Waals surface area (Å²) in [6.07, 6.45) is 3.07. The Morgan fingerprint density at radius 3 is 3.05 bits per heavy atom. The molecule has 0 bridgehead atoms. The van der Waals surface area contributed by atoms with E-state index in [4.69, 9.17) is 4.42 Å². The monoisotopic (exact) mass is 323 g/mol. The Morgan fingerprint density at radius 1 is 1.33 bits per heavy atom. The molecule has 3 rings (SSSR count). The largest absolute Gasteiger partial charge is 0.464 e. The molecule has 1 aromatic heterocycles. The fourth-order valence-corrected chi connectivity index (χ4v) is 4.08. The Hall–Kier alpha value is -0.910. The minimum absolute atomic E-state index is 0.164. The Kier molecular flexibility index (Phi) is 4.93. The summed E-state index contributed by atoms with van der Waals surface area (Å²) in [5.41, 5.74) is 1.07. The van der Waals surface area contributed by atoms with Crippen molar-refractivity contribution >= 4 is 23.5 Å². The van der Waals surface area contributed by atoms with Crippen LogP contribution in [0.25, 0.3) is 0 Å². The van der Waals surface area contributed by atoms with Gasteiger partial charge >= 0.3 is 0 Å². The first-order valence-electron chi connectivity index (χ1n) is 6.98. The normalized spacial score (nSPS) is 17.7. The molecular formula is C16H18FNOS2. The van der Waals surface area contributed by atoms with Crippen molar-refractivity contribution in [2.45, 2.75) is 29.7 Å². The molecule has 1 aliphatic heterocycles. The highest BCUT2D eigenvalue weighted by Gasteiger charge is 2.21. The van der Waals surface area contributed by atoms with Gasteiger partial charge in [-0.1, -0.05) is 0 Å². The lowest BCUT2D eigenvalue weighted by atomic mass is 10.0. The molecule has 112 valence electrons. The zero-order chi connectivity index (χ0) is 14.7. The van der Waals surface area contributed by atoms with Gasteiger partial charge in [0.05, 0.1) is 12.3 Å². The number of rotatable bonds is 5. The molecule has 21 heavy (non-hydrogen) atoms. The van der Waals surface area contributed by atoms with Gasteiger partial charge in [-0.25, -0.2) is 4.39 Å². The van der Waals surface area contributed by atoms with Crippen LogP contribution in [0, 0.1) is 5.82 Å². The molecule has 5 heteroatoms. The van der Waals surface area contributed by atoms with Gasteiger partial charge in [-0.2, -0.15) is 11.8 Å². The maximum absolute atomic E-state index is 13.5. The Balaban J connectivity index is 1.67. The molecule has 2 heterocycles. The number of hydrogen-bond donors (Lipinski definition) is 1. The predicted octanol–water partition coefficient (Wildman–Crippen LogP) is 4.61. The molecule has 2 aromatic rings. The summed E-state index contributed by atoms with van der Waals surface area (Å²) in [6, 6.07) is 9.31. The van der Waals surface area contributed by atoms with Crippen LogP contribution in [0.3, 0.4) is 0 Å². The number of fused-ring (bicyclic) bond motifs is 1. The van der Waals surface area contributed by atoms with E-state index in [2.05, 4.69) is 11.6 Å². The Labute approximate surface area is 132 Å². The predicted molar refractivity (Wildman–Crippen MR) is 87.2 cm³/mol. The third-order valence-electron chi connectivity index (χ3n) is 3.54. The van der Waals surface area contributed by atoms with E-state index in [0.29, 0.717) is 6.54 Å². The number of hydrogen-bond acceptors (Lipinski definition) is 4. The Bertz CT molecular complexity index is 614. The molecule has 1 unspecified atom stereocenters. The van der Waals surface area contributed by atoms with Crippen molar-refractivity contribution in [1.82, 2.24) is 5.32 Å². The first-order chi connectivity index (χ1) is 10.3. The number of nitrogens with one attached hydrogen (secondary N) is 1. The quantitative estimate of drug-likeness (QED) is 0.869. The van der Waals surface area contributed by atoms with Gasteiger partial charge < -0.3 is 9.73 Å². The number of thioether (sulfide) groups is 2. The van der Waals surface area contributed by atoms with Crippen LogP contribution in [0.15, 0.2) is 39.6 Å². The van der Waals surface area contributed by atoms with Crippen molar-refractivity contribution in [3.05, 3.63) is 53.2 Å². The number of benzene rings is 1. The summed E-state index contributed by atoms with van der Waals surface area (Å²) in [4.78, 5) is 1.18. The average molecular weight is 323 g/mol. The van der Waals surface area contributed by atoms with Gasteiger partial charge in [0.2, 0.25) is 0 Å². The summed E-state index contributed by atoms with van der Waals surface area (Å²) in [5.74, 6) is 3.74. The minimum atomic E-state index is -0.164. The zero-order valence-corrected chi connectivity index (χ0v) is 13.5. The van der Waals surface area contributed by atoms with Crippen LogP contribution >= 0.6 is 23.5 Å². The van der Waals surface area contributed by atoms with Crippen molar-refractivity contribution in [3.8, 4) is 0 Å². The second kappa shape index (κ2) is 6.90. The SMILES string of the molecule is CSCc1ccc(CNC2CCSc3ccc(F)cc32)o1. The average Bonchev–Trinajstić information content (AvgIpc) is 2.93. The minimum Gasteiger partial charge on any atom is -0.464 e. The fourth-order valence-electron chi connectivity index (χ4n) is 2.54. The van der Waals surface area contributed by atoms with Crippen molar-refractivity contribution in [1.29, 1.82) is 0 Å². The first-order valence-corrected chi connectivity index (χ1v) is 9.36. The summed E-state index contributed by atoms with van der Waals surface area (Å²) in [5, 5.41) is 3.50. The highest BCUT2D eigenvalue weighted by Crippen LogP contribution is 2.36. The lowest BCUT2D eigenvalue weighted by molar-refractivity contribution is 0.425. The third kappa shape index (κ3) is 3.65. The van der Waals surface area contributed by atoms with Crippen LogP contribution in [-0.2, 0) is 12.3 Å². The number of halogens is 1. The van der Waals surface area contributed by atoms with E-state index in [1.54, 1.807) is 29.6 Å². The van der Waals surface area contributed by atoms with Crippen molar-refractivity contribution in [3.63, 3.8) is 0 Å². The Morgan fingerprint density at radius 2 is 2.19 bits per heavy atom. The summed E-state index contributed by atoms with van der Waals surface area (Å²) in [6.45, 7) is 0.680. The molecule has 1 aliphatic rings. The molecule has 1 aromatic carbocycles. The summed E-state index contributed by atoms with van der Waals surface area (Å²) < 4.78 is 19.2. The van der Waals surface area contributed by atoms with E-state index in [1.807, 2.05) is 18.2 Å². The molecule has 1 atom stereocenters. The van der Waals surface area contributed by atoms with Crippen LogP contribution in [0.5, 0.6) is 0 Å². The maximum atomic E-state index is 13.5. The molecule has 0 spiro atoms. The molecule has 0 radical (unpaired) electrons. The van der Waals surface area contributed by atoms with E-state index >= 15 is 0 Å². The van der Waals surface area contributed by atoms with Crippen LogP contribution in [0.1, 0.15) is 29.5 Å². The van der Waals surface area contributed by atoms with Crippen molar-refractivity contribution in [2.75, 3.05) is 12.0 Å². The van der Waals surface area contributed by atoms with Gasteiger partial charge in [-0.15, -0.1) is 11.8 Å². The van der Waals surface area contributed by atoms with E-state index < -0.39 is 0 Å². The number of furan rings is 1. The van der Waals surface area contributed by atoms with Gasteiger partial charge in [0.15, 0.2) is 0 Å². The lowest BCUT2D eigenvalue weighted by Gasteiger charge is -2.25.